The highest BCUT2D eigenvalue weighted by Crippen LogP contribution is 2.02. The first-order valence-electron chi connectivity index (χ1n) is 3.35. The molecule has 0 rings (SSSR count). The summed E-state index contributed by atoms with van der Waals surface area (Å²) < 4.78 is 16.7. The molecular weight excluding hydrogens is 171 g/mol. The minimum absolute atomic E-state index is 0.244. The van der Waals surface area contributed by atoms with E-state index in [-0.39, 0.29) is 6.61 Å². The van der Waals surface area contributed by atoms with Crippen LogP contribution in [0.2, 0.25) is 0 Å². The first kappa shape index (κ1) is 10.4. The largest absolute Gasteiger partial charge is 0.460 e. The summed E-state index contributed by atoms with van der Waals surface area (Å²) in [7, 11) is 0. The lowest BCUT2D eigenvalue weighted by atomic mass is 10.4. The topological polar surface area (TPSA) is 26.3 Å². The summed E-state index contributed by atoms with van der Waals surface area (Å²) in [5.41, 5.74) is 0.564. The van der Waals surface area contributed by atoms with Crippen molar-refractivity contribution in [1.82, 2.24) is 0 Å². The van der Waals surface area contributed by atoms with Gasteiger partial charge in [0.15, 0.2) is 0 Å². The van der Waals surface area contributed by atoms with Crippen LogP contribution in [0.5, 0.6) is 0 Å². The Labute approximate surface area is 70.0 Å². The van der Waals surface area contributed by atoms with Crippen molar-refractivity contribution in [2.45, 2.75) is 19.8 Å². The van der Waals surface area contributed by atoms with E-state index in [1.165, 1.54) is 0 Å². The number of unbranched alkanes of at least 4 members (excludes halogenated alkanes) is 1. The number of rotatable bonds is 4. The molecule has 11 heavy (non-hydrogen) atoms. The van der Waals surface area contributed by atoms with Gasteiger partial charge < -0.3 is 4.74 Å². The van der Waals surface area contributed by atoms with Crippen LogP contribution in [0, 0.1) is 0 Å². The molecule has 0 aromatic heterocycles. The zero-order chi connectivity index (χ0) is 8.69. The van der Waals surface area contributed by atoms with Gasteiger partial charge >= 0.3 is 5.97 Å². The summed E-state index contributed by atoms with van der Waals surface area (Å²) in [6, 6.07) is 0. The molecule has 0 aromatic carbocycles. The van der Waals surface area contributed by atoms with Gasteiger partial charge in [0.05, 0.1) is 6.61 Å². The molecular formula is C7H10ClFO2. The highest BCUT2D eigenvalue weighted by atomic mass is 35.5. The molecule has 0 aromatic rings. The second-order valence-electron chi connectivity index (χ2n) is 1.95. The third-order valence-electron chi connectivity index (χ3n) is 1.02. The normalized spacial score (nSPS) is 11.4. The Hall–Kier alpha value is -0.570. The van der Waals surface area contributed by atoms with Gasteiger partial charge in [0, 0.05) is 5.54 Å². The van der Waals surface area contributed by atoms with Gasteiger partial charge in [-0.05, 0) is 6.42 Å². The van der Waals surface area contributed by atoms with E-state index in [1.807, 2.05) is 6.92 Å². The zero-order valence-corrected chi connectivity index (χ0v) is 7.03. The Bertz CT molecular complexity index is 157. The van der Waals surface area contributed by atoms with E-state index in [2.05, 4.69) is 4.74 Å². The molecule has 2 nitrogen and oxygen atoms in total. The Morgan fingerprint density at radius 1 is 1.73 bits per heavy atom. The molecule has 0 amide bonds. The predicted molar refractivity (Wildman–Crippen MR) is 40.9 cm³/mol. The summed E-state index contributed by atoms with van der Waals surface area (Å²) in [6.07, 6.45) is 1.64. The number of carbonyl (C=O) groups is 1. The van der Waals surface area contributed by atoms with E-state index in [1.54, 1.807) is 0 Å². The van der Waals surface area contributed by atoms with Crippen molar-refractivity contribution in [3.05, 3.63) is 11.4 Å². The minimum Gasteiger partial charge on any atom is -0.460 e. The van der Waals surface area contributed by atoms with Gasteiger partial charge in [-0.2, -0.15) is 4.39 Å². The van der Waals surface area contributed by atoms with Crippen molar-refractivity contribution >= 4 is 17.6 Å². The first-order valence-corrected chi connectivity index (χ1v) is 3.79. The second kappa shape index (κ2) is 6.16. The fraction of sp³-hybridized carbons (Fsp3) is 0.571. The molecule has 0 unspecified atom stereocenters. The fourth-order valence-corrected chi connectivity index (χ4v) is 0.512. The number of hydrogen-bond donors (Lipinski definition) is 0. The van der Waals surface area contributed by atoms with Gasteiger partial charge in [-0.15, -0.1) is 0 Å². The van der Waals surface area contributed by atoms with E-state index >= 15 is 0 Å². The van der Waals surface area contributed by atoms with Gasteiger partial charge in [0.25, 0.3) is 0 Å². The SMILES string of the molecule is CCCCOC(=O)/C(F)=C/Cl. The maximum Gasteiger partial charge on any atom is 0.368 e. The first-order chi connectivity index (χ1) is 5.22. The van der Waals surface area contributed by atoms with Crippen LogP contribution in [0.1, 0.15) is 19.8 Å². The van der Waals surface area contributed by atoms with Crippen LogP contribution in [0.3, 0.4) is 0 Å². The molecule has 0 aliphatic rings. The quantitative estimate of drug-likeness (QED) is 0.377. The molecule has 0 fully saturated rings. The van der Waals surface area contributed by atoms with Crippen LogP contribution in [0.25, 0.3) is 0 Å². The zero-order valence-electron chi connectivity index (χ0n) is 6.27. The molecule has 0 aliphatic heterocycles. The van der Waals surface area contributed by atoms with E-state index in [0.29, 0.717) is 5.54 Å². The summed E-state index contributed by atoms with van der Waals surface area (Å²) in [5, 5.41) is 0. The maximum atomic E-state index is 12.2. The highest BCUT2D eigenvalue weighted by Gasteiger charge is 2.07. The lowest BCUT2D eigenvalue weighted by molar-refractivity contribution is -0.140. The minimum atomic E-state index is -1.05. The molecule has 0 atom stereocenters. The molecule has 0 radical (unpaired) electrons. The third kappa shape index (κ3) is 4.79. The van der Waals surface area contributed by atoms with E-state index in [9.17, 15) is 9.18 Å². The Morgan fingerprint density at radius 3 is 2.82 bits per heavy atom. The number of hydrogen-bond acceptors (Lipinski definition) is 2. The van der Waals surface area contributed by atoms with Crippen molar-refractivity contribution in [2.24, 2.45) is 0 Å². The summed E-state index contributed by atoms with van der Waals surface area (Å²) in [5.74, 6) is -2.05. The van der Waals surface area contributed by atoms with Crippen molar-refractivity contribution in [1.29, 1.82) is 0 Å². The molecule has 0 heterocycles. The fourth-order valence-electron chi connectivity index (χ4n) is 0.423. The van der Waals surface area contributed by atoms with Gasteiger partial charge in [0.2, 0.25) is 5.83 Å². The van der Waals surface area contributed by atoms with Crippen molar-refractivity contribution in [3.63, 3.8) is 0 Å². The molecule has 0 spiro atoms. The molecule has 0 saturated carbocycles. The van der Waals surface area contributed by atoms with Gasteiger partial charge in [-0.25, -0.2) is 4.79 Å². The van der Waals surface area contributed by atoms with Crippen LogP contribution >= 0.6 is 11.6 Å². The smallest absolute Gasteiger partial charge is 0.368 e. The lowest BCUT2D eigenvalue weighted by Crippen LogP contribution is -2.05. The summed E-state index contributed by atoms with van der Waals surface area (Å²) in [4.78, 5) is 10.5. The van der Waals surface area contributed by atoms with E-state index < -0.39 is 11.8 Å². The number of ether oxygens (including phenoxy) is 1. The van der Waals surface area contributed by atoms with E-state index in [0.717, 1.165) is 12.8 Å². The average Bonchev–Trinajstić information content (AvgIpc) is 2.03. The van der Waals surface area contributed by atoms with Crippen molar-refractivity contribution < 1.29 is 13.9 Å². The van der Waals surface area contributed by atoms with Crippen LogP contribution in [-0.4, -0.2) is 12.6 Å². The average molecular weight is 181 g/mol. The second-order valence-corrected chi connectivity index (χ2v) is 2.16. The number of halogens is 2. The Kier molecular flexibility index (Phi) is 5.84. The maximum absolute atomic E-state index is 12.2. The van der Waals surface area contributed by atoms with Gasteiger partial charge in [-0.1, -0.05) is 24.9 Å². The molecule has 4 heteroatoms. The summed E-state index contributed by atoms with van der Waals surface area (Å²) in [6.45, 7) is 2.19. The number of esters is 1. The molecule has 0 saturated heterocycles. The van der Waals surface area contributed by atoms with Gasteiger partial charge in [0.1, 0.15) is 0 Å². The Morgan fingerprint density at radius 2 is 2.36 bits per heavy atom. The molecule has 64 valence electrons. The number of carbonyl (C=O) groups excluding carboxylic acids is 1. The predicted octanol–water partition coefficient (Wildman–Crippen LogP) is 2.38. The van der Waals surface area contributed by atoms with Crippen molar-refractivity contribution in [2.75, 3.05) is 6.61 Å². The lowest BCUT2D eigenvalue weighted by Gasteiger charge is -1.99. The third-order valence-corrected chi connectivity index (χ3v) is 1.21. The Balaban J connectivity index is 3.53. The summed E-state index contributed by atoms with van der Waals surface area (Å²) >= 11 is 4.92. The van der Waals surface area contributed by atoms with Gasteiger partial charge in [-0.3, -0.25) is 0 Å². The van der Waals surface area contributed by atoms with Crippen LogP contribution < -0.4 is 0 Å². The highest BCUT2D eigenvalue weighted by molar-refractivity contribution is 6.27. The van der Waals surface area contributed by atoms with Crippen molar-refractivity contribution in [3.8, 4) is 0 Å². The molecule has 0 N–H and O–H groups in total. The van der Waals surface area contributed by atoms with Crippen LogP contribution in [0.4, 0.5) is 4.39 Å². The van der Waals surface area contributed by atoms with E-state index in [4.69, 9.17) is 11.6 Å². The van der Waals surface area contributed by atoms with Crippen LogP contribution in [0.15, 0.2) is 11.4 Å². The molecule has 0 aliphatic carbocycles. The standard InChI is InChI=1S/C7H10ClFO2/c1-2-3-4-11-7(10)6(9)5-8/h5H,2-4H2,1H3/b6-5-. The monoisotopic (exact) mass is 180 g/mol. The molecule has 0 bridgehead atoms. The van der Waals surface area contributed by atoms with Crippen LogP contribution in [-0.2, 0) is 9.53 Å².